The maximum Gasteiger partial charge on any atom is 0.416 e. The molecular weight excluding hydrogens is 420 g/mol. The Morgan fingerprint density at radius 3 is 2.52 bits per heavy atom. The van der Waals surface area contributed by atoms with E-state index in [1.165, 1.54) is 0 Å². The molecule has 0 bridgehead atoms. The van der Waals surface area contributed by atoms with Gasteiger partial charge in [0.1, 0.15) is 12.9 Å². The number of halogens is 4. The Balaban J connectivity index is 1.40. The number of amides is 1. The summed E-state index contributed by atoms with van der Waals surface area (Å²) in [6, 6.07) is 2.21. The van der Waals surface area contributed by atoms with Crippen LogP contribution in [0.4, 0.5) is 17.6 Å². The van der Waals surface area contributed by atoms with E-state index in [0.29, 0.717) is 51.1 Å². The number of hydrogen-bond acceptors (Lipinski definition) is 5. The first-order chi connectivity index (χ1) is 14.6. The van der Waals surface area contributed by atoms with Crippen molar-refractivity contribution in [3.05, 3.63) is 29.6 Å². The van der Waals surface area contributed by atoms with Crippen molar-refractivity contribution >= 4 is 12.2 Å². The minimum atomic E-state index is -4.61. The number of ether oxygens (including phenoxy) is 2. The van der Waals surface area contributed by atoms with Crippen LogP contribution in [-0.2, 0) is 20.5 Å². The van der Waals surface area contributed by atoms with Crippen LogP contribution in [0.3, 0.4) is 0 Å². The van der Waals surface area contributed by atoms with E-state index in [9.17, 15) is 27.2 Å². The molecule has 1 heterocycles. The van der Waals surface area contributed by atoms with Gasteiger partial charge in [-0.15, -0.1) is 0 Å². The largest absolute Gasteiger partial charge is 0.490 e. The molecule has 0 aromatic heterocycles. The predicted molar refractivity (Wildman–Crippen MR) is 103 cm³/mol. The number of aldehydes is 1. The van der Waals surface area contributed by atoms with Crippen LogP contribution in [0, 0.1) is 17.7 Å². The molecule has 1 saturated carbocycles. The summed E-state index contributed by atoms with van der Waals surface area (Å²) in [7, 11) is 0. The van der Waals surface area contributed by atoms with E-state index in [0.717, 1.165) is 12.1 Å². The molecule has 1 aromatic carbocycles. The third-order valence-electron chi connectivity index (χ3n) is 5.89. The SMILES string of the molecule is N[C@]1(COCC=O)C[C@H](C(=O)N2CCC(COc3ccc(C(F)(F)F)cc3F)CC2)C1. The molecule has 0 unspecified atom stereocenters. The minimum absolute atomic E-state index is 0.0104. The Labute approximate surface area is 177 Å². The Morgan fingerprint density at radius 2 is 1.94 bits per heavy atom. The van der Waals surface area contributed by atoms with Crippen molar-refractivity contribution < 1.29 is 36.6 Å². The van der Waals surface area contributed by atoms with Crippen molar-refractivity contribution in [2.75, 3.05) is 32.9 Å². The normalized spacial score (nSPS) is 24.5. The van der Waals surface area contributed by atoms with Crippen LogP contribution in [0.2, 0.25) is 0 Å². The van der Waals surface area contributed by atoms with Crippen molar-refractivity contribution in [1.29, 1.82) is 0 Å². The zero-order valence-electron chi connectivity index (χ0n) is 17.0. The average Bonchev–Trinajstić information content (AvgIpc) is 2.70. The molecule has 1 aromatic rings. The molecular formula is C21H26F4N2O4. The molecule has 1 saturated heterocycles. The van der Waals surface area contributed by atoms with Gasteiger partial charge in [0.25, 0.3) is 0 Å². The van der Waals surface area contributed by atoms with Crippen LogP contribution in [0.1, 0.15) is 31.2 Å². The van der Waals surface area contributed by atoms with Crippen molar-refractivity contribution in [1.82, 2.24) is 4.90 Å². The molecule has 1 aliphatic carbocycles. The number of alkyl halides is 3. The van der Waals surface area contributed by atoms with Crippen LogP contribution in [0.5, 0.6) is 5.75 Å². The van der Waals surface area contributed by atoms with E-state index in [1.54, 1.807) is 4.90 Å². The predicted octanol–water partition coefficient (Wildman–Crippen LogP) is 2.78. The highest BCUT2D eigenvalue weighted by molar-refractivity contribution is 5.80. The maximum atomic E-state index is 13.9. The summed E-state index contributed by atoms with van der Waals surface area (Å²) in [5.74, 6) is -1.28. The number of carbonyl (C=O) groups excluding carboxylic acids is 2. The van der Waals surface area contributed by atoms with Crippen LogP contribution in [-0.4, -0.2) is 55.5 Å². The van der Waals surface area contributed by atoms with Gasteiger partial charge in [-0.05, 0) is 49.8 Å². The van der Waals surface area contributed by atoms with Gasteiger partial charge in [-0.3, -0.25) is 4.79 Å². The maximum absolute atomic E-state index is 13.9. The summed E-state index contributed by atoms with van der Waals surface area (Å²) < 4.78 is 62.3. The summed E-state index contributed by atoms with van der Waals surface area (Å²) in [5, 5.41) is 0. The molecule has 10 heteroatoms. The third kappa shape index (κ3) is 5.94. The smallest absolute Gasteiger partial charge is 0.416 e. The van der Waals surface area contributed by atoms with Crippen LogP contribution < -0.4 is 10.5 Å². The van der Waals surface area contributed by atoms with Crippen LogP contribution in [0.25, 0.3) is 0 Å². The number of nitrogens with zero attached hydrogens (tertiary/aromatic N) is 1. The van der Waals surface area contributed by atoms with Gasteiger partial charge < -0.3 is 24.9 Å². The number of nitrogens with two attached hydrogens (primary N) is 1. The number of carbonyl (C=O) groups is 2. The summed E-state index contributed by atoms with van der Waals surface area (Å²) in [5.41, 5.74) is 4.52. The first kappa shape index (κ1) is 23.5. The summed E-state index contributed by atoms with van der Waals surface area (Å²) in [4.78, 5) is 24.7. The third-order valence-corrected chi connectivity index (χ3v) is 5.89. The van der Waals surface area contributed by atoms with E-state index in [4.69, 9.17) is 15.2 Å². The van der Waals surface area contributed by atoms with Crippen LogP contribution >= 0.6 is 0 Å². The lowest BCUT2D eigenvalue weighted by atomic mass is 9.68. The molecule has 31 heavy (non-hydrogen) atoms. The van der Waals surface area contributed by atoms with Gasteiger partial charge in [0.2, 0.25) is 5.91 Å². The van der Waals surface area contributed by atoms with Gasteiger partial charge in [-0.2, -0.15) is 13.2 Å². The highest BCUT2D eigenvalue weighted by Gasteiger charge is 2.46. The topological polar surface area (TPSA) is 81.9 Å². The molecule has 2 aliphatic rings. The zero-order valence-corrected chi connectivity index (χ0v) is 17.0. The summed E-state index contributed by atoms with van der Waals surface area (Å²) >= 11 is 0. The highest BCUT2D eigenvalue weighted by Crippen LogP contribution is 2.38. The summed E-state index contributed by atoms with van der Waals surface area (Å²) in [6.45, 7) is 1.49. The molecule has 172 valence electrons. The second-order valence-corrected chi connectivity index (χ2v) is 8.37. The lowest BCUT2D eigenvalue weighted by Gasteiger charge is -2.46. The van der Waals surface area contributed by atoms with Gasteiger partial charge in [0.15, 0.2) is 11.6 Å². The van der Waals surface area contributed by atoms with Gasteiger partial charge in [-0.1, -0.05) is 0 Å². The Kier molecular flexibility index (Phi) is 7.20. The first-order valence-corrected chi connectivity index (χ1v) is 10.2. The minimum Gasteiger partial charge on any atom is -0.490 e. The molecule has 2 fully saturated rings. The first-order valence-electron chi connectivity index (χ1n) is 10.2. The molecule has 1 aliphatic heterocycles. The van der Waals surface area contributed by atoms with Gasteiger partial charge in [-0.25, -0.2) is 4.39 Å². The number of piperidine rings is 1. The standard InChI is InChI=1S/C21H26F4N2O4/c22-17-9-16(21(23,24)25)1-2-18(17)31-12-14-3-5-27(6-4-14)19(29)15-10-20(26,11-15)13-30-8-7-28/h1-2,7,9,14-15H,3-6,8,10-13,26H2/t15-,20+. The van der Waals surface area contributed by atoms with Crippen LogP contribution in [0.15, 0.2) is 18.2 Å². The van der Waals surface area contributed by atoms with E-state index in [2.05, 4.69) is 0 Å². The van der Waals surface area contributed by atoms with Crippen molar-refractivity contribution in [2.24, 2.45) is 17.6 Å². The molecule has 3 rings (SSSR count). The fraction of sp³-hybridized carbons (Fsp3) is 0.619. The molecule has 0 radical (unpaired) electrons. The van der Waals surface area contributed by atoms with Crippen molar-refractivity contribution in [2.45, 2.75) is 37.4 Å². The number of hydrogen-bond donors (Lipinski definition) is 1. The fourth-order valence-corrected chi connectivity index (χ4v) is 4.10. The quantitative estimate of drug-likeness (QED) is 0.377. The fourth-order valence-electron chi connectivity index (χ4n) is 4.10. The molecule has 6 nitrogen and oxygen atoms in total. The lowest BCUT2D eigenvalue weighted by molar-refractivity contribution is -0.144. The van der Waals surface area contributed by atoms with E-state index in [1.807, 2.05) is 0 Å². The molecule has 1 amide bonds. The number of benzene rings is 1. The molecule has 0 spiro atoms. The highest BCUT2D eigenvalue weighted by atomic mass is 19.4. The van der Waals surface area contributed by atoms with E-state index < -0.39 is 23.1 Å². The van der Waals surface area contributed by atoms with Crippen molar-refractivity contribution in [3.8, 4) is 5.75 Å². The Morgan fingerprint density at radius 1 is 1.26 bits per heavy atom. The average molecular weight is 446 g/mol. The molecule has 0 atom stereocenters. The lowest BCUT2D eigenvalue weighted by Crippen LogP contribution is -2.59. The van der Waals surface area contributed by atoms with E-state index >= 15 is 0 Å². The number of likely N-dealkylation sites (tertiary alicyclic amines) is 1. The van der Waals surface area contributed by atoms with Gasteiger partial charge in [0, 0.05) is 24.5 Å². The Bertz CT molecular complexity index is 788. The van der Waals surface area contributed by atoms with Gasteiger partial charge in [0.05, 0.1) is 18.8 Å². The van der Waals surface area contributed by atoms with Crippen molar-refractivity contribution in [3.63, 3.8) is 0 Å². The molecule has 2 N–H and O–H groups in total. The monoisotopic (exact) mass is 446 g/mol. The second-order valence-electron chi connectivity index (χ2n) is 8.37. The second kappa shape index (κ2) is 9.52. The van der Waals surface area contributed by atoms with Gasteiger partial charge >= 0.3 is 6.18 Å². The zero-order chi connectivity index (χ0) is 22.6. The summed E-state index contributed by atoms with van der Waals surface area (Å²) in [6.07, 6.45) is -1.59. The van der Waals surface area contributed by atoms with E-state index in [-0.39, 0.29) is 43.3 Å². The number of rotatable bonds is 8. The Hall–Kier alpha value is -2.20.